The van der Waals surface area contributed by atoms with Crippen LogP contribution in [0.1, 0.15) is 19.4 Å². The Labute approximate surface area is 106 Å². The highest BCUT2D eigenvalue weighted by molar-refractivity contribution is 6.31. The first kappa shape index (κ1) is 13.6. The summed E-state index contributed by atoms with van der Waals surface area (Å²) in [4.78, 5) is 13.0. The van der Waals surface area contributed by atoms with Crippen molar-refractivity contribution in [1.29, 1.82) is 0 Å². The van der Waals surface area contributed by atoms with Gasteiger partial charge in [-0.3, -0.25) is 0 Å². The van der Waals surface area contributed by atoms with Crippen LogP contribution < -0.4 is 5.73 Å². The van der Waals surface area contributed by atoms with E-state index in [1.54, 1.807) is 39.1 Å². The molecule has 4 nitrogen and oxygen atoms in total. The molecule has 1 rings (SSSR count). The van der Waals surface area contributed by atoms with Crippen LogP contribution in [0, 0.1) is 0 Å². The van der Waals surface area contributed by atoms with E-state index in [2.05, 4.69) is 0 Å². The van der Waals surface area contributed by atoms with Gasteiger partial charge in [0, 0.05) is 17.8 Å². The van der Waals surface area contributed by atoms with Crippen LogP contribution in [0.15, 0.2) is 18.2 Å². The van der Waals surface area contributed by atoms with E-state index in [0.29, 0.717) is 17.3 Å². The number of benzene rings is 1. The molecule has 0 aromatic heterocycles. The summed E-state index contributed by atoms with van der Waals surface area (Å²) in [5.41, 5.74) is 7.09. The van der Waals surface area contributed by atoms with E-state index in [9.17, 15) is 4.79 Å². The normalized spacial score (nSPS) is 10.4. The van der Waals surface area contributed by atoms with Crippen molar-refractivity contribution in [2.24, 2.45) is 0 Å². The molecule has 0 spiro atoms. The third kappa shape index (κ3) is 4.15. The zero-order chi connectivity index (χ0) is 13.0. The van der Waals surface area contributed by atoms with Crippen molar-refractivity contribution in [3.63, 3.8) is 0 Å². The topological polar surface area (TPSA) is 55.6 Å². The minimum Gasteiger partial charge on any atom is -0.447 e. The summed E-state index contributed by atoms with van der Waals surface area (Å²) in [7, 11) is 1.66. The van der Waals surface area contributed by atoms with E-state index >= 15 is 0 Å². The first-order valence-corrected chi connectivity index (χ1v) is 5.73. The van der Waals surface area contributed by atoms with Crippen molar-refractivity contribution in [2.75, 3.05) is 12.8 Å². The first-order valence-electron chi connectivity index (χ1n) is 5.35. The number of halogens is 1. The fourth-order valence-electron chi connectivity index (χ4n) is 1.33. The van der Waals surface area contributed by atoms with Crippen LogP contribution in [0.3, 0.4) is 0 Å². The minimum atomic E-state index is -0.376. The fraction of sp³-hybridized carbons (Fsp3) is 0.417. The average Bonchev–Trinajstić information content (AvgIpc) is 2.22. The molecule has 0 aliphatic rings. The van der Waals surface area contributed by atoms with Crippen molar-refractivity contribution in [3.8, 4) is 0 Å². The van der Waals surface area contributed by atoms with Crippen molar-refractivity contribution in [2.45, 2.75) is 26.5 Å². The monoisotopic (exact) mass is 256 g/mol. The van der Waals surface area contributed by atoms with Crippen LogP contribution in [-0.2, 0) is 11.3 Å². The second-order valence-corrected chi connectivity index (χ2v) is 4.55. The number of amides is 1. The van der Waals surface area contributed by atoms with E-state index in [1.165, 1.54) is 4.90 Å². The third-order valence-corrected chi connectivity index (χ3v) is 2.49. The molecular formula is C12H17ClN2O2. The Morgan fingerprint density at radius 3 is 2.76 bits per heavy atom. The Balaban J connectivity index is 2.70. The maximum Gasteiger partial charge on any atom is 0.410 e. The highest BCUT2D eigenvalue weighted by Gasteiger charge is 2.13. The predicted molar refractivity (Wildman–Crippen MR) is 68.9 cm³/mol. The van der Waals surface area contributed by atoms with Crippen LogP contribution in [0.25, 0.3) is 0 Å². The molecule has 0 radical (unpaired) electrons. The lowest BCUT2D eigenvalue weighted by Crippen LogP contribution is -2.29. The standard InChI is InChI=1S/C12H17ClN2O2/c1-8(2)17-12(16)15(3)7-9-6-10(14)4-5-11(9)13/h4-6,8H,7,14H2,1-3H3. The van der Waals surface area contributed by atoms with Gasteiger partial charge in [0.1, 0.15) is 0 Å². The molecule has 1 amide bonds. The quantitative estimate of drug-likeness (QED) is 0.846. The van der Waals surface area contributed by atoms with Crippen LogP contribution in [0.5, 0.6) is 0 Å². The first-order chi connectivity index (χ1) is 7.90. The van der Waals surface area contributed by atoms with E-state index in [1.807, 2.05) is 0 Å². The third-order valence-electron chi connectivity index (χ3n) is 2.13. The van der Waals surface area contributed by atoms with Crippen molar-refractivity contribution in [3.05, 3.63) is 28.8 Å². The predicted octanol–water partition coefficient (Wildman–Crippen LogP) is 2.90. The van der Waals surface area contributed by atoms with Crippen molar-refractivity contribution < 1.29 is 9.53 Å². The maximum atomic E-state index is 11.6. The van der Waals surface area contributed by atoms with Gasteiger partial charge in [-0.25, -0.2) is 4.79 Å². The molecule has 0 atom stereocenters. The van der Waals surface area contributed by atoms with Gasteiger partial charge in [-0.15, -0.1) is 0 Å². The molecule has 0 aliphatic heterocycles. The van der Waals surface area contributed by atoms with Gasteiger partial charge in [0.15, 0.2) is 0 Å². The Bertz CT molecular complexity index is 407. The van der Waals surface area contributed by atoms with E-state index in [4.69, 9.17) is 22.1 Å². The maximum absolute atomic E-state index is 11.6. The van der Waals surface area contributed by atoms with Crippen molar-refractivity contribution >= 4 is 23.4 Å². The molecule has 1 aromatic carbocycles. The Morgan fingerprint density at radius 2 is 2.18 bits per heavy atom. The number of anilines is 1. The van der Waals surface area contributed by atoms with Gasteiger partial charge in [-0.2, -0.15) is 0 Å². The van der Waals surface area contributed by atoms with Crippen LogP contribution in [0.2, 0.25) is 5.02 Å². The second-order valence-electron chi connectivity index (χ2n) is 4.14. The van der Waals surface area contributed by atoms with E-state index in [0.717, 1.165) is 5.56 Å². The van der Waals surface area contributed by atoms with Crippen molar-refractivity contribution in [1.82, 2.24) is 4.90 Å². The number of nitrogen functional groups attached to an aromatic ring is 1. The van der Waals surface area contributed by atoms with Gasteiger partial charge in [0.05, 0.1) is 12.6 Å². The van der Waals surface area contributed by atoms with Gasteiger partial charge >= 0.3 is 6.09 Å². The molecule has 0 aliphatic carbocycles. The smallest absolute Gasteiger partial charge is 0.410 e. The lowest BCUT2D eigenvalue weighted by molar-refractivity contribution is 0.0822. The van der Waals surface area contributed by atoms with Crippen LogP contribution >= 0.6 is 11.6 Å². The molecule has 0 saturated carbocycles. The Kier molecular flexibility index (Phi) is 4.63. The number of hydrogen-bond donors (Lipinski definition) is 1. The average molecular weight is 257 g/mol. The molecule has 5 heteroatoms. The summed E-state index contributed by atoms with van der Waals surface area (Å²) >= 11 is 6.02. The lowest BCUT2D eigenvalue weighted by Gasteiger charge is -2.19. The summed E-state index contributed by atoms with van der Waals surface area (Å²) in [6.45, 7) is 3.98. The molecule has 94 valence electrons. The number of ether oxygens (including phenoxy) is 1. The molecular weight excluding hydrogens is 240 g/mol. The zero-order valence-corrected chi connectivity index (χ0v) is 11.0. The number of carbonyl (C=O) groups excluding carboxylic acids is 1. The van der Waals surface area contributed by atoms with Crippen LogP contribution in [0.4, 0.5) is 10.5 Å². The second kappa shape index (κ2) is 5.77. The summed E-state index contributed by atoms with van der Waals surface area (Å²) in [6.07, 6.45) is -0.514. The number of nitrogens with zero attached hydrogens (tertiary/aromatic N) is 1. The van der Waals surface area contributed by atoms with Gasteiger partial charge in [0.25, 0.3) is 0 Å². The van der Waals surface area contributed by atoms with Crippen LogP contribution in [-0.4, -0.2) is 24.1 Å². The molecule has 2 N–H and O–H groups in total. The highest BCUT2D eigenvalue weighted by atomic mass is 35.5. The Hall–Kier alpha value is -1.42. The SMILES string of the molecule is CC(C)OC(=O)N(C)Cc1cc(N)ccc1Cl. The molecule has 0 fully saturated rings. The largest absolute Gasteiger partial charge is 0.447 e. The number of hydrogen-bond acceptors (Lipinski definition) is 3. The van der Waals surface area contributed by atoms with Gasteiger partial charge in [0.2, 0.25) is 0 Å². The molecule has 0 saturated heterocycles. The summed E-state index contributed by atoms with van der Waals surface area (Å²) in [6, 6.07) is 5.19. The molecule has 0 heterocycles. The zero-order valence-electron chi connectivity index (χ0n) is 10.2. The lowest BCUT2D eigenvalue weighted by atomic mass is 10.2. The minimum absolute atomic E-state index is 0.138. The molecule has 0 unspecified atom stereocenters. The van der Waals surface area contributed by atoms with E-state index < -0.39 is 0 Å². The molecule has 1 aromatic rings. The van der Waals surface area contributed by atoms with E-state index in [-0.39, 0.29) is 12.2 Å². The van der Waals surface area contributed by atoms with Gasteiger partial charge < -0.3 is 15.4 Å². The highest BCUT2D eigenvalue weighted by Crippen LogP contribution is 2.20. The number of rotatable bonds is 3. The summed E-state index contributed by atoms with van der Waals surface area (Å²) in [5.74, 6) is 0. The summed E-state index contributed by atoms with van der Waals surface area (Å²) < 4.78 is 5.07. The number of carbonyl (C=O) groups is 1. The molecule has 0 bridgehead atoms. The Morgan fingerprint density at radius 1 is 1.53 bits per heavy atom. The van der Waals surface area contributed by atoms with Gasteiger partial charge in [-0.1, -0.05) is 11.6 Å². The van der Waals surface area contributed by atoms with Gasteiger partial charge in [-0.05, 0) is 37.6 Å². The fourth-order valence-corrected chi connectivity index (χ4v) is 1.50. The number of nitrogens with two attached hydrogens (primary N) is 1. The summed E-state index contributed by atoms with van der Waals surface area (Å²) in [5, 5.41) is 0.586. The molecule has 17 heavy (non-hydrogen) atoms.